The van der Waals surface area contributed by atoms with Crippen molar-refractivity contribution in [2.45, 2.75) is 26.2 Å². The van der Waals surface area contributed by atoms with Crippen LogP contribution in [0.3, 0.4) is 0 Å². The number of hydrogen-bond donors (Lipinski definition) is 0. The summed E-state index contributed by atoms with van der Waals surface area (Å²) in [6.45, 7) is 3.94. The molecule has 7 nitrogen and oxygen atoms in total. The highest BCUT2D eigenvalue weighted by molar-refractivity contribution is 5.96. The second-order valence-corrected chi connectivity index (χ2v) is 6.81. The highest BCUT2D eigenvalue weighted by Gasteiger charge is 2.15. The average Bonchev–Trinajstić information content (AvgIpc) is 3.30. The monoisotopic (exact) mass is 361 g/mol. The number of ketones is 1. The number of carbonyl (C=O) groups is 1. The van der Waals surface area contributed by atoms with Gasteiger partial charge in [-0.15, -0.1) is 0 Å². The Labute approximate surface area is 156 Å². The number of Topliss-reactive ketones (excluding diaryl/α,β-unsaturated/α-hetero) is 1. The number of fused-ring (bicyclic) bond motifs is 1. The number of imidazole rings is 1. The van der Waals surface area contributed by atoms with Gasteiger partial charge in [0.2, 0.25) is 0 Å². The maximum Gasteiger partial charge on any atom is 0.197 e. The van der Waals surface area contributed by atoms with E-state index >= 15 is 0 Å². The minimum Gasteiger partial charge on any atom is -0.448 e. The van der Waals surface area contributed by atoms with E-state index in [0.717, 1.165) is 22.2 Å². The average molecular weight is 361 g/mol. The van der Waals surface area contributed by atoms with Gasteiger partial charge in [0.25, 0.3) is 0 Å². The highest BCUT2D eigenvalue weighted by atomic mass is 16.3. The van der Waals surface area contributed by atoms with Crippen LogP contribution < -0.4 is 0 Å². The Kier molecular flexibility index (Phi) is 4.27. The summed E-state index contributed by atoms with van der Waals surface area (Å²) in [5.74, 6) is 0.596. The fraction of sp³-hybridized carbons (Fsp3) is 0.250. The van der Waals surface area contributed by atoms with Crippen molar-refractivity contribution in [2.75, 3.05) is 0 Å². The third-order valence-corrected chi connectivity index (χ3v) is 4.38. The number of aromatic nitrogens is 5. The van der Waals surface area contributed by atoms with Gasteiger partial charge in [-0.25, -0.2) is 9.97 Å². The molecule has 0 aliphatic carbocycles. The van der Waals surface area contributed by atoms with E-state index in [1.165, 1.54) is 6.26 Å². The standard InChI is InChI=1S/C20H19N5O2/c1-12(2)20-24-17(10-27-20)19(26)6-15-4-13-5-16(18-9-21-11-25(18)3)23-8-14(13)7-22-15/h4-5,7-12H,6H2,1-3H3. The van der Waals surface area contributed by atoms with Crippen LogP contribution in [0.5, 0.6) is 0 Å². The zero-order chi connectivity index (χ0) is 19.0. The third-order valence-electron chi connectivity index (χ3n) is 4.38. The van der Waals surface area contributed by atoms with Crippen molar-refractivity contribution in [2.24, 2.45) is 7.05 Å². The van der Waals surface area contributed by atoms with Crippen LogP contribution in [0.1, 0.15) is 41.8 Å². The van der Waals surface area contributed by atoms with Crippen molar-refractivity contribution in [1.82, 2.24) is 24.5 Å². The van der Waals surface area contributed by atoms with Gasteiger partial charge < -0.3 is 8.98 Å². The summed E-state index contributed by atoms with van der Waals surface area (Å²) >= 11 is 0. The molecule has 0 aromatic carbocycles. The fourth-order valence-corrected chi connectivity index (χ4v) is 2.86. The summed E-state index contributed by atoms with van der Waals surface area (Å²) in [5, 5.41) is 1.89. The van der Waals surface area contributed by atoms with Crippen molar-refractivity contribution in [3.63, 3.8) is 0 Å². The summed E-state index contributed by atoms with van der Waals surface area (Å²) < 4.78 is 7.27. The van der Waals surface area contributed by atoms with E-state index in [1.807, 2.05) is 37.6 Å². The molecule has 4 aromatic rings. The summed E-state index contributed by atoms with van der Waals surface area (Å²) in [7, 11) is 1.92. The molecule has 7 heteroatoms. The molecule has 0 radical (unpaired) electrons. The number of aryl methyl sites for hydroxylation is 1. The van der Waals surface area contributed by atoms with Crippen LogP contribution in [-0.2, 0) is 13.5 Å². The van der Waals surface area contributed by atoms with E-state index in [1.54, 1.807) is 24.9 Å². The number of nitrogens with zero attached hydrogens (tertiary/aromatic N) is 5. The summed E-state index contributed by atoms with van der Waals surface area (Å²) in [6.07, 6.45) is 8.62. The largest absolute Gasteiger partial charge is 0.448 e. The Hall–Kier alpha value is -3.35. The molecule has 0 saturated heterocycles. The summed E-state index contributed by atoms with van der Waals surface area (Å²) in [6, 6.07) is 3.90. The fourth-order valence-electron chi connectivity index (χ4n) is 2.86. The van der Waals surface area contributed by atoms with E-state index in [2.05, 4.69) is 19.9 Å². The molecule has 4 aromatic heterocycles. The lowest BCUT2D eigenvalue weighted by molar-refractivity contribution is 0.0987. The second-order valence-electron chi connectivity index (χ2n) is 6.81. The molecule has 0 N–H and O–H groups in total. The predicted molar refractivity (Wildman–Crippen MR) is 100 cm³/mol. The molecule has 4 rings (SSSR count). The van der Waals surface area contributed by atoms with Crippen LogP contribution in [0.15, 0.2) is 47.7 Å². The van der Waals surface area contributed by atoms with Crippen molar-refractivity contribution < 1.29 is 9.21 Å². The number of oxazole rings is 1. The third kappa shape index (κ3) is 3.36. The molecular formula is C20H19N5O2. The normalized spacial score (nSPS) is 11.4. The molecule has 0 unspecified atom stereocenters. The Morgan fingerprint density at radius 1 is 1.15 bits per heavy atom. The molecule has 0 aliphatic heterocycles. The first-order valence-corrected chi connectivity index (χ1v) is 8.71. The molecule has 0 fully saturated rings. The van der Waals surface area contributed by atoms with Gasteiger partial charge in [-0.3, -0.25) is 14.8 Å². The van der Waals surface area contributed by atoms with Gasteiger partial charge in [0.05, 0.1) is 30.3 Å². The van der Waals surface area contributed by atoms with Crippen molar-refractivity contribution in [3.05, 3.63) is 60.6 Å². The summed E-state index contributed by atoms with van der Waals surface area (Å²) in [4.78, 5) is 29.8. The van der Waals surface area contributed by atoms with Gasteiger partial charge in [-0.05, 0) is 17.5 Å². The van der Waals surface area contributed by atoms with Gasteiger partial charge in [0, 0.05) is 36.4 Å². The van der Waals surface area contributed by atoms with Crippen LogP contribution in [0.2, 0.25) is 0 Å². The highest BCUT2D eigenvalue weighted by Crippen LogP contribution is 2.22. The Morgan fingerprint density at radius 3 is 2.67 bits per heavy atom. The second kappa shape index (κ2) is 6.75. The van der Waals surface area contributed by atoms with Gasteiger partial charge >= 0.3 is 0 Å². The van der Waals surface area contributed by atoms with Crippen LogP contribution in [0.25, 0.3) is 22.2 Å². The smallest absolute Gasteiger partial charge is 0.197 e. The first-order valence-electron chi connectivity index (χ1n) is 8.71. The van der Waals surface area contributed by atoms with Gasteiger partial charge in [-0.1, -0.05) is 13.8 Å². The maximum absolute atomic E-state index is 12.5. The molecule has 136 valence electrons. The van der Waals surface area contributed by atoms with E-state index in [9.17, 15) is 4.79 Å². The van der Waals surface area contributed by atoms with Crippen LogP contribution >= 0.6 is 0 Å². The Balaban J connectivity index is 1.62. The molecule has 27 heavy (non-hydrogen) atoms. The molecule has 0 spiro atoms. The van der Waals surface area contributed by atoms with Gasteiger partial charge in [-0.2, -0.15) is 0 Å². The number of rotatable bonds is 5. The number of carbonyl (C=O) groups excluding carboxylic acids is 1. The quantitative estimate of drug-likeness (QED) is 0.505. The maximum atomic E-state index is 12.5. The molecule has 0 aliphatic rings. The van der Waals surface area contributed by atoms with E-state index in [0.29, 0.717) is 17.3 Å². The van der Waals surface area contributed by atoms with Gasteiger partial charge in [0.15, 0.2) is 11.7 Å². The predicted octanol–water partition coefficient (Wildman–Crippen LogP) is 3.57. The topological polar surface area (TPSA) is 86.7 Å². The lowest BCUT2D eigenvalue weighted by atomic mass is 10.1. The summed E-state index contributed by atoms with van der Waals surface area (Å²) in [5.41, 5.74) is 2.77. The lowest BCUT2D eigenvalue weighted by Crippen LogP contribution is -2.06. The van der Waals surface area contributed by atoms with Crippen LogP contribution in [0, 0.1) is 0 Å². The SMILES string of the molecule is CC(C)c1nc(C(=O)Cc2cc3cc(-c4cncn4C)ncc3cn2)co1. The zero-order valence-corrected chi connectivity index (χ0v) is 15.4. The van der Waals surface area contributed by atoms with E-state index < -0.39 is 0 Å². The molecule has 0 atom stereocenters. The Bertz CT molecular complexity index is 1130. The minimum atomic E-state index is -0.113. The van der Waals surface area contributed by atoms with Crippen molar-refractivity contribution in [1.29, 1.82) is 0 Å². The van der Waals surface area contributed by atoms with E-state index in [-0.39, 0.29) is 18.1 Å². The zero-order valence-electron chi connectivity index (χ0n) is 15.4. The molecule has 0 bridgehead atoms. The van der Waals surface area contributed by atoms with E-state index in [4.69, 9.17) is 4.42 Å². The molecule has 0 saturated carbocycles. The number of hydrogen-bond acceptors (Lipinski definition) is 6. The van der Waals surface area contributed by atoms with Crippen LogP contribution in [-0.4, -0.2) is 30.3 Å². The molecular weight excluding hydrogens is 342 g/mol. The first-order chi connectivity index (χ1) is 13.0. The lowest BCUT2D eigenvalue weighted by Gasteiger charge is -2.05. The van der Waals surface area contributed by atoms with Crippen molar-refractivity contribution >= 4 is 16.6 Å². The first kappa shape index (κ1) is 17.1. The van der Waals surface area contributed by atoms with Gasteiger partial charge in [0.1, 0.15) is 12.0 Å². The number of pyridine rings is 2. The molecule has 4 heterocycles. The van der Waals surface area contributed by atoms with Crippen LogP contribution in [0.4, 0.5) is 0 Å². The Morgan fingerprint density at radius 2 is 1.96 bits per heavy atom. The minimum absolute atomic E-state index is 0.113. The molecule has 0 amide bonds. The van der Waals surface area contributed by atoms with Crippen molar-refractivity contribution in [3.8, 4) is 11.4 Å².